The fraction of sp³-hybridized carbons (Fsp3) is 0.158. The maximum Gasteiger partial charge on any atom is 0.272 e. The van der Waals surface area contributed by atoms with Crippen LogP contribution in [0.3, 0.4) is 0 Å². The van der Waals surface area contributed by atoms with Crippen LogP contribution in [-0.2, 0) is 7.05 Å². The number of nitro groups is 1. The number of hydrogen-bond acceptors (Lipinski definition) is 4. The summed E-state index contributed by atoms with van der Waals surface area (Å²) >= 11 is 3.54. The number of aromatic nitrogens is 4. The maximum atomic E-state index is 11.5. The molecule has 0 bridgehead atoms. The molecule has 1 aromatic carbocycles. The molecule has 3 heterocycles. The van der Waals surface area contributed by atoms with E-state index in [-0.39, 0.29) is 10.6 Å². The summed E-state index contributed by atoms with van der Waals surface area (Å²) in [7, 11) is 1.85. The van der Waals surface area contributed by atoms with Gasteiger partial charge >= 0.3 is 0 Å². The van der Waals surface area contributed by atoms with Crippen molar-refractivity contribution in [3.05, 3.63) is 62.5 Å². The van der Waals surface area contributed by atoms with E-state index < -0.39 is 0 Å². The Labute approximate surface area is 163 Å². The summed E-state index contributed by atoms with van der Waals surface area (Å²) in [6, 6.07) is 5.31. The van der Waals surface area contributed by atoms with Gasteiger partial charge in [-0.1, -0.05) is 12.1 Å². The van der Waals surface area contributed by atoms with Crippen molar-refractivity contribution < 1.29 is 4.92 Å². The lowest BCUT2D eigenvalue weighted by Crippen LogP contribution is -1.93. The first-order valence-electron chi connectivity index (χ1n) is 8.28. The average Bonchev–Trinajstić information content (AvgIpc) is 3.22. The molecule has 4 rings (SSSR count). The third-order valence-corrected chi connectivity index (χ3v) is 5.51. The van der Waals surface area contributed by atoms with E-state index in [1.54, 1.807) is 36.1 Å². The first-order valence-corrected chi connectivity index (χ1v) is 9.07. The molecule has 0 spiro atoms. The Bertz CT molecular complexity index is 1210. The number of hydrogen-bond donors (Lipinski definition) is 1. The van der Waals surface area contributed by atoms with Crippen LogP contribution in [-0.4, -0.2) is 24.7 Å². The van der Waals surface area contributed by atoms with Gasteiger partial charge in [0.25, 0.3) is 5.69 Å². The number of nitrogens with one attached hydrogen (secondary N) is 1. The summed E-state index contributed by atoms with van der Waals surface area (Å²) in [5.41, 5.74) is 5.85. The summed E-state index contributed by atoms with van der Waals surface area (Å²) < 4.78 is 2.60. The molecule has 0 atom stereocenters. The number of benzene rings is 1. The van der Waals surface area contributed by atoms with Gasteiger partial charge in [-0.05, 0) is 40.9 Å². The monoisotopic (exact) mass is 425 g/mol. The number of nitro benzene ring substituents is 1. The SMILES string of the molecule is Cc1ccc(-c2c(-c3cnn(C)c3)[nH]c3ncc(Br)c(C)c23)cc1[N+](=O)[O-]. The molecular formula is C19H16BrN5O2. The van der Waals surface area contributed by atoms with Crippen molar-refractivity contribution in [1.29, 1.82) is 0 Å². The summed E-state index contributed by atoms with van der Waals surface area (Å²) in [6.45, 7) is 3.74. The number of aromatic amines is 1. The number of rotatable bonds is 3. The van der Waals surface area contributed by atoms with Gasteiger partial charge in [0.05, 0.1) is 16.8 Å². The highest BCUT2D eigenvalue weighted by molar-refractivity contribution is 9.10. The van der Waals surface area contributed by atoms with Crippen molar-refractivity contribution in [2.75, 3.05) is 0 Å². The normalized spacial score (nSPS) is 11.3. The number of aryl methyl sites for hydroxylation is 3. The predicted molar refractivity (Wildman–Crippen MR) is 108 cm³/mol. The van der Waals surface area contributed by atoms with Crippen molar-refractivity contribution in [3.8, 4) is 22.4 Å². The highest BCUT2D eigenvalue weighted by atomic mass is 79.9. The third-order valence-electron chi connectivity index (χ3n) is 4.71. The van der Waals surface area contributed by atoms with Gasteiger partial charge in [0, 0.05) is 52.1 Å². The molecule has 8 heteroatoms. The second-order valence-electron chi connectivity index (χ2n) is 6.49. The predicted octanol–water partition coefficient (Wildman–Crippen LogP) is 4.92. The van der Waals surface area contributed by atoms with Crippen LogP contribution in [0.2, 0.25) is 0 Å². The fourth-order valence-corrected chi connectivity index (χ4v) is 3.60. The first kappa shape index (κ1) is 17.4. The molecule has 7 nitrogen and oxygen atoms in total. The molecular weight excluding hydrogens is 410 g/mol. The van der Waals surface area contributed by atoms with Crippen molar-refractivity contribution in [2.24, 2.45) is 7.05 Å². The molecule has 27 heavy (non-hydrogen) atoms. The molecule has 0 saturated carbocycles. The van der Waals surface area contributed by atoms with Crippen LogP contribution >= 0.6 is 15.9 Å². The second-order valence-corrected chi connectivity index (χ2v) is 7.35. The minimum absolute atomic E-state index is 0.0968. The molecule has 3 aromatic heterocycles. The van der Waals surface area contributed by atoms with Gasteiger partial charge in [-0.15, -0.1) is 0 Å². The van der Waals surface area contributed by atoms with Gasteiger partial charge in [0.1, 0.15) is 5.65 Å². The summed E-state index contributed by atoms with van der Waals surface area (Å²) in [5, 5.41) is 16.6. The molecule has 0 radical (unpaired) electrons. The van der Waals surface area contributed by atoms with Crippen LogP contribution in [0.4, 0.5) is 5.69 Å². The first-order chi connectivity index (χ1) is 12.9. The second kappa shape index (κ2) is 6.31. The Morgan fingerprint density at radius 1 is 1.22 bits per heavy atom. The van der Waals surface area contributed by atoms with Gasteiger partial charge in [-0.3, -0.25) is 14.8 Å². The van der Waals surface area contributed by atoms with Gasteiger partial charge in [0.2, 0.25) is 0 Å². The van der Waals surface area contributed by atoms with Crippen LogP contribution in [0.1, 0.15) is 11.1 Å². The molecule has 0 amide bonds. The molecule has 136 valence electrons. The van der Waals surface area contributed by atoms with E-state index >= 15 is 0 Å². The van der Waals surface area contributed by atoms with Crippen LogP contribution < -0.4 is 0 Å². The minimum atomic E-state index is -0.349. The van der Waals surface area contributed by atoms with Gasteiger partial charge in [-0.2, -0.15) is 5.10 Å². The molecule has 1 N–H and O–H groups in total. The van der Waals surface area contributed by atoms with E-state index in [0.29, 0.717) is 5.56 Å². The number of nitrogens with zero attached hydrogens (tertiary/aromatic N) is 4. The lowest BCUT2D eigenvalue weighted by molar-refractivity contribution is -0.385. The molecule has 0 unspecified atom stereocenters. The highest BCUT2D eigenvalue weighted by Crippen LogP contribution is 2.41. The molecule has 0 aliphatic rings. The smallest absolute Gasteiger partial charge is 0.272 e. The Balaban J connectivity index is 2.10. The number of fused-ring (bicyclic) bond motifs is 1. The third kappa shape index (κ3) is 2.82. The molecule has 0 fully saturated rings. The van der Waals surface area contributed by atoms with Crippen LogP contribution in [0, 0.1) is 24.0 Å². The fourth-order valence-electron chi connectivity index (χ4n) is 3.30. The Kier molecular flexibility index (Phi) is 4.07. The number of halogens is 1. The van der Waals surface area contributed by atoms with Crippen LogP contribution in [0.15, 0.2) is 41.3 Å². The molecule has 0 saturated heterocycles. The zero-order valence-corrected chi connectivity index (χ0v) is 16.5. The highest BCUT2D eigenvalue weighted by Gasteiger charge is 2.22. The van der Waals surface area contributed by atoms with E-state index in [9.17, 15) is 10.1 Å². The summed E-state index contributed by atoms with van der Waals surface area (Å²) in [6.07, 6.45) is 5.42. The molecule has 0 aliphatic carbocycles. The maximum absolute atomic E-state index is 11.5. The summed E-state index contributed by atoms with van der Waals surface area (Å²) in [4.78, 5) is 19.0. The van der Waals surface area contributed by atoms with Crippen LogP contribution in [0.25, 0.3) is 33.4 Å². The van der Waals surface area contributed by atoms with Crippen LogP contribution in [0.5, 0.6) is 0 Å². The van der Waals surface area contributed by atoms with E-state index in [0.717, 1.165) is 43.5 Å². The Hall–Kier alpha value is -3.00. The van der Waals surface area contributed by atoms with Gasteiger partial charge in [0.15, 0.2) is 0 Å². The van der Waals surface area contributed by atoms with E-state index in [1.807, 2.05) is 26.2 Å². The zero-order valence-electron chi connectivity index (χ0n) is 14.9. The lowest BCUT2D eigenvalue weighted by atomic mass is 9.97. The molecule has 4 aromatic rings. The quantitative estimate of drug-likeness (QED) is 0.372. The molecule has 0 aliphatic heterocycles. The van der Waals surface area contributed by atoms with Crippen molar-refractivity contribution >= 4 is 32.7 Å². The van der Waals surface area contributed by atoms with Crippen molar-refractivity contribution in [2.45, 2.75) is 13.8 Å². The lowest BCUT2D eigenvalue weighted by Gasteiger charge is -2.07. The van der Waals surface area contributed by atoms with Crippen molar-refractivity contribution in [1.82, 2.24) is 19.7 Å². The van der Waals surface area contributed by atoms with E-state index in [2.05, 4.69) is 31.0 Å². The number of H-pyrrole nitrogens is 1. The average molecular weight is 426 g/mol. The Morgan fingerprint density at radius 3 is 2.67 bits per heavy atom. The largest absolute Gasteiger partial charge is 0.339 e. The number of pyridine rings is 1. The summed E-state index contributed by atoms with van der Waals surface area (Å²) in [5.74, 6) is 0. The Morgan fingerprint density at radius 2 is 2.00 bits per heavy atom. The van der Waals surface area contributed by atoms with E-state index in [4.69, 9.17) is 0 Å². The topological polar surface area (TPSA) is 89.6 Å². The standard InChI is InChI=1S/C19H16BrN5O2/c1-10-4-5-12(6-15(10)25(26)27)17-16-11(2)14(20)8-21-19(16)23-18(17)13-7-22-24(3)9-13/h4-9H,1-3H3,(H,21,23). The van der Waals surface area contributed by atoms with E-state index in [1.165, 1.54) is 0 Å². The van der Waals surface area contributed by atoms with Gasteiger partial charge in [-0.25, -0.2) is 4.98 Å². The van der Waals surface area contributed by atoms with Crippen molar-refractivity contribution in [3.63, 3.8) is 0 Å². The minimum Gasteiger partial charge on any atom is -0.339 e. The zero-order chi connectivity index (χ0) is 19.3. The van der Waals surface area contributed by atoms with Gasteiger partial charge < -0.3 is 4.98 Å².